The number of carbonyl (C=O) groups is 2. The van der Waals surface area contributed by atoms with Gasteiger partial charge in [0.2, 0.25) is 0 Å². The Kier molecular flexibility index (Phi) is 7.61. The molecule has 1 saturated heterocycles. The van der Waals surface area contributed by atoms with E-state index in [1.807, 2.05) is 42.5 Å². The van der Waals surface area contributed by atoms with Gasteiger partial charge in [-0.1, -0.05) is 86.6 Å². The Bertz CT molecular complexity index is 1350. The molecule has 1 fully saturated rings. The van der Waals surface area contributed by atoms with E-state index in [4.69, 9.17) is 4.42 Å². The minimum Gasteiger partial charge on any atom is -0.451 e. The van der Waals surface area contributed by atoms with E-state index in [0.717, 1.165) is 31.3 Å². The number of benzene rings is 3. The molecule has 38 heavy (non-hydrogen) atoms. The summed E-state index contributed by atoms with van der Waals surface area (Å²) in [5.74, 6) is -0.0620. The Hall–Kier alpha value is -3.90. The fourth-order valence-electron chi connectivity index (χ4n) is 5.37. The number of hydrogen-bond acceptors (Lipinski definition) is 3. The van der Waals surface area contributed by atoms with Crippen molar-refractivity contribution in [3.05, 3.63) is 96.3 Å². The average molecular weight is 511 g/mol. The lowest BCUT2D eigenvalue weighted by atomic mass is 10.0. The highest BCUT2D eigenvalue weighted by molar-refractivity contribution is 5.98. The monoisotopic (exact) mass is 510 g/mol. The summed E-state index contributed by atoms with van der Waals surface area (Å²) in [7, 11) is 0. The lowest BCUT2D eigenvalue weighted by molar-refractivity contribution is -0.963. The lowest BCUT2D eigenvalue weighted by Crippen LogP contribution is -2.62. The molecule has 6 heteroatoms. The number of nitrogens with one attached hydrogen (secondary N) is 2. The molecular formula is C32H36N3O3+. The summed E-state index contributed by atoms with van der Waals surface area (Å²) in [6.45, 7) is 6.58. The zero-order valence-electron chi connectivity index (χ0n) is 22.2. The highest BCUT2D eigenvalue weighted by atomic mass is 16.3. The maximum atomic E-state index is 13.6. The van der Waals surface area contributed by atoms with Gasteiger partial charge in [0.1, 0.15) is 31.3 Å². The van der Waals surface area contributed by atoms with Gasteiger partial charge in [-0.2, -0.15) is 5.43 Å². The molecule has 2 N–H and O–H groups in total. The molecule has 2 amide bonds. The Morgan fingerprint density at radius 1 is 0.868 bits per heavy atom. The third-order valence-electron chi connectivity index (χ3n) is 7.29. The standard InChI is InChI=1S/C32H35N3O3/c1-23(2)20-28(33-32(37)30-21-27-12-6-7-13-29(27)38-30)31(36)34-35(18-8-9-19-35)22-24-14-16-26(17-15-24)25-10-4-3-5-11-25/h3-7,10-17,21,23,28H,8-9,18-20,22H2,1-2H3,(H-,33,34,36,37)/p+1/t28-/m0/s1. The smallest absolute Gasteiger partial charge is 0.287 e. The summed E-state index contributed by atoms with van der Waals surface area (Å²) in [4.78, 5) is 26.7. The van der Waals surface area contributed by atoms with Gasteiger partial charge >= 0.3 is 0 Å². The Morgan fingerprint density at radius 2 is 1.53 bits per heavy atom. The predicted octanol–water partition coefficient (Wildman–Crippen LogP) is 6.09. The third kappa shape index (κ3) is 5.97. The van der Waals surface area contributed by atoms with Crippen molar-refractivity contribution in [2.24, 2.45) is 5.92 Å². The molecule has 5 rings (SSSR count). The minimum atomic E-state index is -0.647. The van der Waals surface area contributed by atoms with Crippen LogP contribution in [-0.2, 0) is 11.3 Å². The van der Waals surface area contributed by atoms with Crippen LogP contribution in [0.4, 0.5) is 0 Å². The van der Waals surface area contributed by atoms with Crippen LogP contribution in [0.3, 0.4) is 0 Å². The summed E-state index contributed by atoms with van der Waals surface area (Å²) in [5, 5.41) is 3.81. The quantitative estimate of drug-likeness (QED) is 0.268. The second kappa shape index (κ2) is 11.2. The van der Waals surface area contributed by atoms with Crippen LogP contribution in [0.15, 0.2) is 89.3 Å². The first-order chi connectivity index (χ1) is 18.4. The van der Waals surface area contributed by atoms with Crippen molar-refractivity contribution in [3.63, 3.8) is 0 Å². The molecule has 1 aromatic heterocycles. The number of nitrogens with zero attached hydrogens (tertiary/aromatic N) is 1. The number of carbonyl (C=O) groups excluding carboxylic acids is 2. The largest absolute Gasteiger partial charge is 0.451 e. The van der Waals surface area contributed by atoms with Gasteiger partial charge in [-0.3, -0.25) is 9.59 Å². The van der Waals surface area contributed by atoms with Crippen molar-refractivity contribution >= 4 is 22.8 Å². The summed E-state index contributed by atoms with van der Waals surface area (Å²) in [5.41, 5.74) is 7.53. The molecule has 0 spiro atoms. The van der Waals surface area contributed by atoms with E-state index in [-0.39, 0.29) is 23.5 Å². The molecule has 1 atom stereocenters. The van der Waals surface area contributed by atoms with E-state index < -0.39 is 6.04 Å². The maximum Gasteiger partial charge on any atom is 0.287 e. The molecule has 196 valence electrons. The van der Waals surface area contributed by atoms with Crippen LogP contribution in [0.1, 0.15) is 49.2 Å². The van der Waals surface area contributed by atoms with E-state index in [1.165, 1.54) is 16.7 Å². The normalized spacial score (nSPS) is 15.4. The zero-order chi connectivity index (χ0) is 26.5. The average Bonchev–Trinajstić information content (AvgIpc) is 3.56. The first-order valence-electron chi connectivity index (χ1n) is 13.5. The number of likely N-dealkylation sites (tertiary alicyclic amines) is 1. The van der Waals surface area contributed by atoms with Crippen LogP contribution >= 0.6 is 0 Å². The molecule has 4 aromatic rings. The summed E-state index contributed by atoms with van der Waals surface area (Å²) in [6, 6.07) is 27.5. The summed E-state index contributed by atoms with van der Waals surface area (Å²) in [6.07, 6.45) is 2.66. The lowest BCUT2D eigenvalue weighted by Gasteiger charge is -2.35. The molecule has 0 radical (unpaired) electrons. The van der Waals surface area contributed by atoms with Crippen LogP contribution in [-0.4, -0.2) is 35.5 Å². The Morgan fingerprint density at radius 3 is 2.21 bits per heavy atom. The van der Waals surface area contributed by atoms with Gasteiger partial charge in [-0.25, -0.2) is 4.59 Å². The van der Waals surface area contributed by atoms with E-state index in [1.54, 1.807) is 6.07 Å². The number of rotatable bonds is 9. The molecule has 1 aliphatic rings. The number of para-hydroxylation sites is 1. The number of hydrogen-bond donors (Lipinski definition) is 2. The second-order valence-electron chi connectivity index (χ2n) is 10.8. The van der Waals surface area contributed by atoms with Gasteiger partial charge in [-0.15, -0.1) is 0 Å². The zero-order valence-corrected chi connectivity index (χ0v) is 22.2. The Labute approximate surface area is 224 Å². The third-order valence-corrected chi connectivity index (χ3v) is 7.29. The number of amides is 2. The fourth-order valence-corrected chi connectivity index (χ4v) is 5.37. The molecule has 3 aromatic carbocycles. The number of fused-ring (bicyclic) bond motifs is 1. The molecular weight excluding hydrogens is 474 g/mol. The van der Waals surface area contributed by atoms with Crippen LogP contribution in [0.25, 0.3) is 22.1 Å². The van der Waals surface area contributed by atoms with Crippen molar-refractivity contribution in [1.82, 2.24) is 10.7 Å². The SMILES string of the molecule is CC(C)C[C@H](NC(=O)c1cc2ccccc2o1)C(=O)N[N+]1(Cc2ccc(-c3ccccc3)cc2)CCCC1. The predicted molar refractivity (Wildman–Crippen MR) is 150 cm³/mol. The van der Waals surface area contributed by atoms with Gasteiger partial charge in [0.25, 0.3) is 11.8 Å². The fraction of sp³-hybridized carbons (Fsp3) is 0.312. The first kappa shape index (κ1) is 25.7. The van der Waals surface area contributed by atoms with Crippen molar-refractivity contribution in [2.45, 2.75) is 45.7 Å². The maximum absolute atomic E-state index is 13.6. The summed E-state index contributed by atoms with van der Waals surface area (Å²) >= 11 is 0. The van der Waals surface area contributed by atoms with Crippen LogP contribution in [0.5, 0.6) is 0 Å². The van der Waals surface area contributed by atoms with Gasteiger partial charge in [0.15, 0.2) is 5.76 Å². The number of furan rings is 1. The molecule has 0 bridgehead atoms. The van der Waals surface area contributed by atoms with Crippen LogP contribution < -0.4 is 10.7 Å². The van der Waals surface area contributed by atoms with Crippen molar-refractivity contribution < 1.29 is 18.6 Å². The van der Waals surface area contributed by atoms with E-state index >= 15 is 0 Å². The molecule has 0 unspecified atom stereocenters. The molecule has 1 aliphatic heterocycles. The van der Waals surface area contributed by atoms with Crippen molar-refractivity contribution in [2.75, 3.05) is 13.1 Å². The minimum absolute atomic E-state index is 0.147. The summed E-state index contributed by atoms with van der Waals surface area (Å²) < 4.78 is 6.24. The first-order valence-corrected chi connectivity index (χ1v) is 13.5. The van der Waals surface area contributed by atoms with Gasteiger partial charge in [0, 0.05) is 23.8 Å². The molecule has 0 aliphatic carbocycles. The highest BCUT2D eigenvalue weighted by Gasteiger charge is 2.37. The van der Waals surface area contributed by atoms with E-state index in [0.29, 0.717) is 23.1 Å². The van der Waals surface area contributed by atoms with Crippen molar-refractivity contribution in [3.8, 4) is 11.1 Å². The van der Waals surface area contributed by atoms with Gasteiger partial charge in [-0.05, 0) is 35.6 Å². The highest BCUT2D eigenvalue weighted by Crippen LogP contribution is 2.25. The number of quaternary nitrogens is 1. The Balaban J connectivity index is 1.30. The topological polar surface area (TPSA) is 71.3 Å². The molecule has 2 heterocycles. The van der Waals surface area contributed by atoms with E-state index in [9.17, 15) is 9.59 Å². The van der Waals surface area contributed by atoms with Crippen LogP contribution in [0.2, 0.25) is 0 Å². The molecule has 6 nitrogen and oxygen atoms in total. The van der Waals surface area contributed by atoms with Gasteiger partial charge < -0.3 is 9.73 Å². The second-order valence-corrected chi connectivity index (χ2v) is 10.8. The van der Waals surface area contributed by atoms with Crippen LogP contribution in [0, 0.1) is 5.92 Å². The van der Waals surface area contributed by atoms with E-state index in [2.05, 4.69) is 61.0 Å². The molecule has 0 saturated carbocycles. The van der Waals surface area contributed by atoms with Gasteiger partial charge in [0.05, 0.1) is 0 Å². The van der Waals surface area contributed by atoms with Crippen molar-refractivity contribution in [1.29, 1.82) is 0 Å².